The summed E-state index contributed by atoms with van der Waals surface area (Å²) in [5, 5.41) is 4.45. The van der Waals surface area contributed by atoms with E-state index in [1.165, 1.54) is 5.56 Å². The highest BCUT2D eigenvalue weighted by Crippen LogP contribution is 2.41. The highest BCUT2D eigenvalue weighted by molar-refractivity contribution is 7.99. The predicted molar refractivity (Wildman–Crippen MR) is 96.3 cm³/mol. The molecule has 1 N–H and O–H groups in total. The number of benzene rings is 2. The second-order valence-corrected chi connectivity index (χ2v) is 6.58. The molecule has 2 atom stereocenters. The number of rotatable bonds is 4. The van der Waals surface area contributed by atoms with Crippen molar-refractivity contribution >= 4 is 35.8 Å². The molecule has 22 heavy (non-hydrogen) atoms. The summed E-state index contributed by atoms with van der Waals surface area (Å²) in [6, 6.07) is 18.5. The first-order valence-corrected chi connectivity index (χ1v) is 8.39. The summed E-state index contributed by atoms with van der Waals surface area (Å²) in [6.07, 6.45) is 0.155. The summed E-state index contributed by atoms with van der Waals surface area (Å²) in [5.41, 5.74) is 1.27. The fourth-order valence-electron chi connectivity index (χ4n) is 2.46. The molecule has 0 radical (unpaired) electrons. The zero-order chi connectivity index (χ0) is 14.5. The Bertz CT molecular complexity index is 576. The maximum Gasteiger partial charge on any atom is 0.0862 e. The minimum absolute atomic E-state index is 0. The van der Waals surface area contributed by atoms with Gasteiger partial charge in [-0.3, -0.25) is 0 Å². The van der Waals surface area contributed by atoms with Gasteiger partial charge in [-0.25, -0.2) is 0 Å². The highest BCUT2D eigenvalue weighted by Gasteiger charge is 2.27. The smallest absolute Gasteiger partial charge is 0.0862 e. The van der Waals surface area contributed by atoms with Gasteiger partial charge in [0.1, 0.15) is 0 Å². The van der Waals surface area contributed by atoms with Gasteiger partial charge in [0.15, 0.2) is 0 Å². The van der Waals surface area contributed by atoms with E-state index in [9.17, 15) is 0 Å². The third kappa shape index (κ3) is 4.40. The van der Waals surface area contributed by atoms with E-state index < -0.39 is 0 Å². The van der Waals surface area contributed by atoms with Crippen molar-refractivity contribution in [1.29, 1.82) is 0 Å². The van der Waals surface area contributed by atoms with Crippen LogP contribution in [0.3, 0.4) is 0 Å². The lowest BCUT2D eigenvalue weighted by molar-refractivity contribution is 0.0273. The number of hydrogen-bond donors (Lipinski definition) is 1. The number of ether oxygens (including phenoxy) is 1. The maximum absolute atomic E-state index is 6.32. The van der Waals surface area contributed by atoms with Crippen LogP contribution < -0.4 is 5.32 Å². The molecule has 0 bridgehead atoms. The van der Waals surface area contributed by atoms with Crippen LogP contribution in [-0.4, -0.2) is 25.8 Å². The molecule has 1 heterocycles. The van der Waals surface area contributed by atoms with E-state index in [2.05, 4.69) is 35.6 Å². The van der Waals surface area contributed by atoms with Crippen molar-refractivity contribution in [1.82, 2.24) is 5.32 Å². The van der Waals surface area contributed by atoms with Crippen LogP contribution in [0.15, 0.2) is 59.5 Å². The molecule has 0 unspecified atom stereocenters. The lowest BCUT2D eigenvalue weighted by Gasteiger charge is -2.31. The monoisotopic (exact) mass is 355 g/mol. The van der Waals surface area contributed by atoms with E-state index in [-0.39, 0.29) is 23.8 Å². The Morgan fingerprint density at radius 3 is 2.50 bits per heavy atom. The van der Waals surface area contributed by atoms with Gasteiger partial charge >= 0.3 is 0 Å². The molecule has 0 saturated carbocycles. The van der Waals surface area contributed by atoms with Crippen LogP contribution in [-0.2, 0) is 4.74 Å². The Morgan fingerprint density at radius 2 is 1.82 bits per heavy atom. The average Bonchev–Trinajstić information content (AvgIpc) is 2.56. The zero-order valence-electron chi connectivity index (χ0n) is 12.1. The first-order chi connectivity index (χ1) is 10.3. The van der Waals surface area contributed by atoms with Crippen LogP contribution in [0.2, 0.25) is 5.02 Å². The van der Waals surface area contributed by atoms with Crippen molar-refractivity contribution < 1.29 is 4.74 Å². The lowest BCUT2D eigenvalue weighted by atomic mass is 10.1. The predicted octanol–water partition coefficient (Wildman–Crippen LogP) is 4.58. The van der Waals surface area contributed by atoms with E-state index in [0.717, 1.165) is 29.6 Å². The molecule has 1 aliphatic rings. The minimum atomic E-state index is 0. The number of hydrogen-bond acceptors (Lipinski definition) is 3. The summed E-state index contributed by atoms with van der Waals surface area (Å²) >= 11 is 8.10. The Morgan fingerprint density at radius 1 is 1.09 bits per heavy atom. The standard InChI is InChI=1S/C17H18ClNOS.ClH/c18-14-8-4-5-9-16(14)21-17(13-6-2-1-3-7-13)15-12-19-10-11-20-15;/h1-9,15,17,19H,10-12H2;1H/t15-,17-;/m1./s1. The molecule has 2 aromatic rings. The topological polar surface area (TPSA) is 21.3 Å². The Balaban J connectivity index is 0.00000176. The highest BCUT2D eigenvalue weighted by atomic mass is 35.5. The third-order valence-electron chi connectivity index (χ3n) is 3.51. The summed E-state index contributed by atoms with van der Waals surface area (Å²) in [5.74, 6) is 0. The molecular weight excluding hydrogens is 337 g/mol. The zero-order valence-corrected chi connectivity index (χ0v) is 14.5. The molecule has 0 amide bonds. The fraction of sp³-hybridized carbons (Fsp3) is 0.294. The molecule has 5 heteroatoms. The van der Waals surface area contributed by atoms with Crippen molar-refractivity contribution in [3.8, 4) is 0 Å². The van der Waals surface area contributed by atoms with Gasteiger partial charge in [0, 0.05) is 18.0 Å². The molecule has 1 aliphatic heterocycles. The Kier molecular flexibility index (Phi) is 7.06. The quantitative estimate of drug-likeness (QED) is 0.810. The average molecular weight is 356 g/mol. The molecule has 118 valence electrons. The van der Waals surface area contributed by atoms with E-state index in [0.29, 0.717) is 0 Å². The van der Waals surface area contributed by atoms with Crippen LogP contribution >= 0.6 is 35.8 Å². The van der Waals surface area contributed by atoms with E-state index >= 15 is 0 Å². The largest absolute Gasteiger partial charge is 0.374 e. The SMILES string of the molecule is Cl.Clc1ccccc1S[C@H](c1ccccc1)[C@H]1CNCCO1. The molecule has 3 rings (SSSR count). The molecule has 2 nitrogen and oxygen atoms in total. The maximum atomic E-state index is 6.32. The van der Waals surface area contributed by atoms with E-state index in [1.54, 1.807) is 11.8 Å². The normalized spacial score (nSPS) is 19.2. The summed E-state index contributed by atoms with van der Waals surface area (Å²) in [6.45, 7) is 2.56. The fourth-order valence-corrected chi connectivity index (χ4v) is 3.96. The van der Waals surface area contributed by atoms with Crippen LogP contribution in [0.25, 0.3) is 0 Å². The van der Waals surface area contributed by atoms with Crippen LogP contribution in [0.1, 0.15) is 10.8 Å². The number of nitrogens with one attached hydrogen (secondary N) is 1. The van der Waals surface area contributed by atoms with Crippen molar-refractivity contribution in [2.24, 2.45) is 0 Å². The second kappa shape index (κ2) is 8.80. The molecule has 1 saturated heterocycles. The molecule has 1 fully saturated rings. The van der Waals surface area contributed by atoms with E-state index in [1.807, 2.05) is 24.3 Å². The third-order valence-corrected chi connectivity index (χ3v) is 5.39. The molecule has 0 spiro atoms. The van der Waals surface area contributed by atoms with Gasteiger partial charge in [0.25, 0.3) is 0 Å². The number of thioether (sulfide) groups is 1. The second-order valence-electron chi connectivity index (χ2n) is 4.99. The summed E-state index contributed by atoms with van der Waals surface area (Å²) in [7, 11) is 0. The molecule has 0 aliphatic carbocycles. The number of halogens is 2. The van der Waals surface area contributed by atoms with Gasteiger partial charge in [-0.15, -0.1) is 24.2 Å². The van der Waals surface area contributed by atoms with Gasteiger partial charge in [-0.05, 0) is 17.7 Å². The van der Waals surface area contributed by atoms with Gasteiger partial charge < -0.3 is 10.1 Å². The minimum Gasteiger partial charge on any atom is -0.374 e. The van der Waals surface area contributed by atoms with E-state index in [4.69, 9.17) is 16.3 Å². The van der Waals surface area contributed by atoms with Gasteiger partial charge in [0.2, 0.25) is 0 Å². The first kappa shape index (κ1) is 17.6. The number of morpholine rings is 1. The Labute approximate surface area is 147 Å². The van der Waals surface area contributed by atoms with Gasteiger partial charge in [-0.1, -0.05) is 54.1 Å². The first-order valence-electron chi connectivity index (χ1n) is 7.13. The van der Waals surface area contributed by atoms with Crippen molar-refractivity contribution in [3.63, 3.8) is 0 Å². The molecule has 0 aromatic heterocycles. The van der Waals surface area contributed by atoms with Crippen molar-refractivity contribution in [3.05, 3.63) is 65.2 Å². The van der Waals surface area contributed by atoms with Crippen LogP contribution in [0.4, 0.5) is 0 Å². The summed E-state index contributed by atoms with van der Waals surface area (Å²) < 4.78 is 5.98. The van der Waals surface area contributed by atoms with Crippen molar-refractivity contribution in [2.45, 2.75) is 16.2 Å². The lowest BCUT2D eigenvalue weighted by Crippen LogP contribution is -2.41. The summed E-state index contributed by atoms with van der Waals surface area (Å²) in [4.78, 5) is 1.10. The van der Waals surface area contributed by atoms with Crippen LogP contribution in [0, 0.1) is 0 Å². The van der Waals surface area contributed by atoms with Crippen LogP contribution in [0.5, 0.6) is 0 Å². The van der Waals surface area contributed by atoms with Crippen molar-refractivity contribution in [2.75, 3.05) is 19.7 Å². The molecule has 2 aromatic carbocycles. The Hall–Kier alpha value is -0.710. The van der Waals surface area contributed by atoms with Gasteiger partial charge in [-0.2, -0.15) is 0 Å². The molecular formula is C17H19Cl2NOS. The van der Waals surface area contributed by atoms with Gasteiger partial charge in [0.05, 0.1) is 23.0 Å².